The molecule has 0 atom stereocenters. The molecule has 1 aromatic carbocycles. The molecule has 2 nitrogen and oxygen atoms in total. The molecular formula is C10H5F2NOS. The van der Waals surface area contributed by atoms with Gasteiger partial charge in [-0.25, -0.2) is 13.8 Å². The van der Waals surface area contributed by atoms with Gasteiger partial charge in [0.2, 0.25) is 5.78 Å². The quantitative estimate of drug-likeness (QED) is 0.735. The normalized spacial score (nSPS) is 10.3. The Hall–Kier alpha value is -1.62. The summed E-state index contributed by atoms with van der Waals surface area (Å²) in [6.45, 7) is 0. The summed E-state index contributed by atoms with van der Waals surface area (Å²) in [4.78, 5) is 15.4. The van der Waals surface area contributed by atoms with Crippen molar-refractivity contribution in [3.05, 3.63) is 52.0 Å². The first-order valence-electron chi connectivity index (χ1n) is 4.07. The maximum absolute atomic E-state index is 13.2. The Morgan fingerprint density at radius 2 is 2.13 bits per heavy atom. The zero-order valence-electron chi connectivity index (χ0n) is 7.41. The molecule has 1 heterocycles. The lowest BCUT2D eigenvalue weighted by atomic mass is 10.1. The van der Waals surface area contributed by atoms with Crippen molar-refractivity contribution in [2.75, 3.05) is 0 Å². The number of thiazole rings is 1. The summed E-state index contributed by atoms with van der Waals surface area (Å²) in [5.74, 6) is -2.76. The van der Waals surface area contributed by atoms with Crippen LogP contribution in [0.4, 0.5) is 8.78 Å². The van der Waals surface area contributed by atoms with Crippen molar-refractivity contribution < 1.29 is 13.6 Å². The first-order chi connectivity index (χ1) is 7.20. The third kappa shape index (κ3) is 1.78. The molecule has 0 fully saturated rings. The second kappa shape index (κ2) is 3.86. The summed E-state index contributed by atoms with van der Waals surface area (Å²) in [7, 11) is 0. The summed E-state index contributed by atoms with van der Waals surface area (Å²) < 4.78 is 26.1. The van der Waals surface area contributed by atoms with E-state index in [1.54, 1.807) is 0 Å². The van der Waals surface area contributed by atoms with Crippen LogP contribution in [0.15, 0.2) is 29.1 Å². The molecule has 0 N–H and O–H groups in total. The van der Waals surface area contributed by atoms with Gasteiger partial charge in [0.25, 0.3) is 0 Å². The van der Waals surface area contributed by atoms with Crippen LogP contribution in [-0.2, 0) is 0 Å². The number of hydrogen-bond donors (Lipinski definition) is 0. The van der Waals surface area contributed by atoms with Crippen molar-refractivity contribution in [1.82, 2.24) is 4.98 Å². The average Bonchev–Trinajstić information content (AvgIpc) is 2.74. The summed E-state index contributed by atoms with van der Waals surface area (Å²) in [5, 5.41) is 1.49. The van der Waals surface area contributed by atoms with Crippen LogP contribution >= 0.6 is 11.3 Å². The lowest BCUT2D eigenvalue weighted by Gasteiger charge is -1.99. The Labute approximate surface area is 88.2 Å². The fraction of sp³-hybridized carbons (Fsp3) is 0. The highest BCUT2D eigenvalue weighted by molar-refractivity contribution is 7.07. The number of hydrogen-bond acceptors (Lipinski definition) is 3. The van der Waals surface area contributed by atoms with Crippen LogP contribution < -0.4 is 0 Å². The van der Waals surface area contributed by atoms with E-state index in [1.165, 1.54) is 34.4 Å². The minimum Gasteiger partial charge on any atom is -0.287 e. The highest BCUT2D eigenvalue weighted by Crippen LogP contribution is 2.15. The van der Waals surface area contributed by atoms with Gasteiger partial charge in [0, 0.05) is 5.38 Å². The Kier molecular flexibility index (Phi) is 2.55. The van der Waals surface area contributed by atoms with E-state index in [0.717, 1.165) is 6.07 Å². The zero-order chi connectivity index (χ0) is 10.8. The van der Waals surface area contributed by atoms with Crippen LogP contribution in [0.3, 0.4) is 0 Å². The lowest BCUT2D eigenvalue weighted by molar-refractivity contribution is 0.103. The Bertz CT molecular complexity index is 496. The summed E-state index contributed by atoms with van der Waals surface area (Å²) in [5.41, 5.74) is 1.30. The van der Waals surface area contributed by atoms with Crippen LogP contribution in [-0.4, -0.2) is 10.8 Å². The first-order valence-corrected chi connectivity index (χ1v) is 5.01. The maximum atomic E-state index is 13.2. The molecule has 2 aromatic rings. The average molecular weight is 225 g/mol. The van der Waals surface area contributed by atoms with Crippen molar-refractivity contribution in [2.45, 2.75) is 0 Å². The van der Waals surface area contributed by atoms with Crippen molar-refractivity contribution in [2.24, 2.45) is 0 Å². The van der Waals surface area contributed by atoms with Crippen LogP contribution in [0.2, 0.25) is 0 Å². The fourth-order valence-corrected chi connectivity index (χ4v) is 1.67. The smallest absolute Gasteiger partial charge is 0.215 e. The number of carbonyl (C=O) groups is 1. The number of aromatic nitrogens is 1. The van der Waals surface area contributed by atoms with E-state index in [1.807, 2.05) is 0 Å². The zero-order valence-corrected chi connectivity index (χ0v) is 8.22. The van der Waals surface area contributed by atoms with Gasteiger partial charge in [0.1, 0.15) is 5.69 Å². The van der Waals surface area contributed by atoms with E-state index in [4.69, 9.17) is 0 Å². The molecule has 2 rings (SSSR count). The highest BCUT2D eigenvalue weighted by atomic mass is 32.1. The molecule has 0 aliphatic heterocycles. The van der Waals surface area contributed by atoms with E-state index >= 15 is 0 Å². The Morgan fingerprint density at radius 1 is 1.33 bits per heavy atom. The predicted octanol–water partition coefficient (Wildman–Crippen LogP) is 2.65. The molecule has 5 heteroatoms. The highest BCUT2D eigenvalue weighted by Gasteiger charge is 2.17. The van der Waals surface area contributed by atoms with Gasteiger partial charge in [0.15, 0.2) is 11.6 Å². The van der Waals surface area contributed by atoms with E-state index in [2.05, 4.69) is 4.98 Å². The van der Waals surface area contributed by atoms with Gasteiger partial charge in [-0.2, -0.15) is 0 Å². The van der Waals surface area contributed by atoms with Crippen molar-refractivity contribution in [1.29, 1.82) is 0 Å². The Morgan fingerprint density at radius 3 is 2.80 bits per heavy atom. The minimum atomic E-state index is -1.13. The van der Waals surface area contributed by atoms with Gasteiger partial charge in [-0.3, -0.25) is 4.79 Å². The topological polar surface area (TPSA) is 30.0 Å². The van der Waals surface area contributed by atoms with E-state index in [0.29, 0.717) is 0 Å². The molecule has 0 radical (unpaired) electrons. The summed E-state index contributed by atoms with van der Waals surface area (Å²) in [6, 6.07) is 3.49. The molecule has 0 saturated heterocycles. The molecule has 0 aliphatic carbocycles. The molecule has 0 amide bonds. The van der Waals surface area contributed by atoms with E-state index < -0.39 is 17.4 Å². The molecule has 0 spiro atoms. The molecule has 0 bridgehead atoms. The molecular weight excluding hydrogens is 220 g/mol. The fourth-order valence-electron chi connectivity index (χ4n) is 1.14. The molecule has 76 valence electrons. The molecule has 0 saturated carbocycles. The van der Waals surface area contributed by atoms with Gasteiger partial charge < -0.3 is 0 Å². The number of rotatable bonds is 2. The third-order valence-electron chi connectivity index (χ3n) is 1.86. The number of ketones is 1. The second-order valence-electron chi connectivity index (χ2n) is 2.80. The number of nitrogens with zero attached hydrogens (tertiary/aromatic N) is 1. The second-order valence-corrected chi connectivity index (χ2v) is 3.52. The van der Waals surface area contributed by atoms with Gasteiger partial charge in [-0.05, 0) is 12.1 Å². The maximum Gasteiger partial charge on any atom is 0.215 e. The number of carbonyl (C=O) groups excluding carboxylic acids is 1. The van der Waals surface area contributed by atoms with Crippen LogP contribution in [0, 0.1) is 11.6 Å². The van der Waals surface area contributed by atoms with E-state index in [9.17, 15) is 13.6 Å². The summed E-state index contributed by atoms with van der Waals surface area (Å²) >= 11 is 1.22. The molecule has 15 heavy (non-hydrogen) atoms. The van der Waals surface area contributed by atoms with Crippen molar-refractivity contribution in [3.8, 4) is 0 Å². The van der Waals surface area contributed by atoms with Crippen LogP contribution in [0.5, 0.6) is 0 Å². The molecule has 1 aromatic heterocycles. The van der Waals surface area contributed by atoms with Crippen LogP contribution in [0.25, 0.3) is 0 Å². The van der Waals surface area contributed by atoms with Gasteiger partial charge >= 0.3 is 0 Å². The lowest BCUT2D eigenvalue weighted by Crippen LogP contribution is -2.05. The largest absolute Gasteiger partial charge is 0.287 e. The SMILES string of the molecule is O=C(c1cscn1)c1cccc(F)c1F. The monoisotopic (exact) mass is 225 g/mol. The van der Waals surface area contributed by atoms with E-state index in [-0.39, 0.29) is 11.3 Å². The summed E-state index contributed by atoms with van der Waals surface area (Å²) in [6.07, 6.45) is 0. The van der Waals surface area contributed by atoms with Crippen LogP contribution in [0.1, 0.15) is 16.1 Å². The number of benzene rings is 1. The third-order valence-corrected chi connectivity index (χ3v) is 2.45. The van der Waals surface area contributed by atoms with Crippen molar-refractivity contribution in [3.63, 3.8) is 0 Å². The standard InChI is InChI=1S/C10H5F2NOS/c11-7-3-1-2-6(9(7)12)10(14)8-4-15-5-13-8/h1-5H. The number of halogens is 2. The molecule has 0 unspecified atom stereocenters. The molecule has 0 aliphatic rings. The first kappa shape index (κ1) is 9.92. The van der Waals surface area contributed by atoms with Crippen molar-refractivity contribution >= 4 is 17.1 Å². The van der Waals surface area contributed by atoms with Gasteiger partial charge in [0.05, 0.1) is 11.1 Å². The predicted molar refractivity (Wildman–Crippen MR) is 51.9 cm³/mol. The van der Waals surface area contributed by atoms with Gasteiger partial charge in [-0.15, -0.1) is 11.3 Å². The Balaban J connectivity index is 2.47. The minimum absolute atomic E-state index is 0.129. The van der Waals surface area contributed by atoms with Gasteiger partial charge in [-0.1, -0.05) is 6.07 Å².